The number of carbonyl (C=O) groups excluding carboxylic acids is 2. The molecule has 2 saturated heterocycles. The molecule has 1 aromatic rings. The van der Waals surface area contributed by atoms with Gasteiger partial charge in [0.15, 0.2) is 0 Å². The fourth-order valence-electron chi connectivity index (χ4n) is 5.30. The number of hydrogen-bond acceptors (Lipinski definition) is 4. The summed E-state index contributed by atoms with van der Waals surface area (Å²) in [6.45, 7) is 10.5. The minimum Gasteiger partial charge on any atom is -0.370 e. The van der Waals surface area contributed by atoms with Crippen molar-refractivity contribution < 1.29 is 22.8 Å². The predicted molar refractivity (Wildman–Crippen MR) is 127 cm³/mol. The Labute approximate surface area is 205 Å². The highest BCUT2D eigenvalue weighted by Crippen LogP contribution is 2.40. The molecule has 192 valence electrons. The summed E-state index contributed by atoms with van der Waals surface area (Å²) in [6, 6.07) is 5.36. The molecule has 9 heteroatoms. The number of amides is 2. The van der Waals surface area contributed by atoms with Gasteiger partial charge in [-0.25, -0.2) is 0 Å². The zero-order valence-corrected chi connectivity index (χ0v) is 20.9. The molecule has 0 bridgehead atoms. The molecule has 0 radical (unpaired) electrons. The summed E-state index contributed by atoms with van der Waals surface area (Å²) in [5, 5.41) is 12.0. The standard InChI is InChI=1S/C26H35F3N4O2/c1-5-31-24(35)21-16-33(19-7-6-18(14-30)22(12-19)26(27,28)29)15-20(21)17-8-10-32(11-9-17)23(34)13-25(2,3)4/h6-7,12,17,20-21H,5,8-11,13,15-16H2,1-4H3,(H,31,35)/t20-,21+/m0/s1. The van der Waals surface area contributed by atoms with Crippen LogP contribution in [0.3, 0.4) is 0 Å². The number of nitriles is 1. The van der Waals surface area contributed by atoms with E-state index >= 15 is 0 Å². The van der Waals surface area contributed by atoms with Crippen LogP contribution in [0.15, 0.2) is 18.2 Å². The van der Waals surface area contributed by atoms with Gasteiger partial charge in [-0.15, -0.1) is 0 Å². The molecule has 0 aliphatic carbocycles. The van der Waals surface area contributed by atoms with E-state index in [1.165, 1.54) is 12.1 Å². The SMILES string of the molecule is CCNC(=O)[C@@H]1CN(c2ccc(C#N)c(C(F)(F)F)c2)C[C@H]1C1CCN(C(=O)CC(C)(C)C)CC1. The van der Waals surface area contributed by atoms with Crippen molar-refractivity contribution in [3.05, 3.63) is 29.3 Å². The summed E-state index contributed by atoms with van der Waals surface area (Å²) in [5.74, 6) is -0.114. The number of anilines is 1. The molecule has 1 N–H and O–H groups in total. The van der Waals surface area contributed by atoms with Crippen LogP contribution < -0.4 is 10.2 Å². The van der Waals surface area contributed by atoms with Gasteiger partial charge in [0.1, 0.15) is 0 Å². The van der Waals surface area contributed by atoms with Crippen molar-refractivity contribution in [1.29, 1.82) is 5.26 Å². The number of likely N-dealkylation sites (tertiary alicyclic amines) is 1. The number of halogens is 3. The third-order valence-electron chi connectivity index (χ3n) is 7.03. The molecule has 0 unspecified atom stereocenters. The van der Waals surface area contributed by atoms with Crippen LogP contribution in [0.4, 0.5) is 18.9 Å². The second-order valence-corrected chi connectivity index (χ2v) is 10.9. The molecule has 6 nitrogen and oxygen atoms in total. The van der Waals surface area contributed by atoms with Crippen molar-refractivity contribution in [1.82, 2.24) is 10.2 Å². The lowest BCUT2D eigenvalue weighted by Gasteiger charge is -2.37. The van der Waals surface area contributed by atoms with Gasteiger partial charge in [-0.3, -0.25) is 9.59 Å². The third kappa shape index (κ3) is 6.47. The molecule has 0 aromatic heterocycles. The van der Waals surface area contributed by atoms with Gasteiger partial charge in [-0.05, 0) is 55.2 Å². The summed E-state index contributed by atoms with van der Waals surface area (Å²) in [4.78, 5) is 29.3. The summed E-state index contributed by atoms with van der Waals surface area (Å²) in [6.07, 6.45) is -2.61. The third-order valence-corrected chi connectivity index (χ3v) is 7.03. The number of benzene rings is 1. The van der Waals surface area contributed by atoms with Crippen LogP contribution in [0.2, 0.25) is 0 Å². The highest BCUT2D eigenvalue weighted by atomic mass is 19.4. The van der Waals surface area contributed by atoms with Crippen molar-refractivity contribution in [2.75, 3.05) is 37.6 Å². The molecule has 2 aliphatic heterocycles. The Hall–Kier alpha value is -2.76. The minimum atomic E-state index is -4.63. The average molecular weight is 493 g/mol. The van der Waals surface area contributed by atoms with Gasteiger partial charge >= 0.3 is 6.18 Å². The van der Waals surface area contributed by atoms with E-state index in [4.69, 9.17) is 5.26 Å². The molecule has 2 atom stereocenters. The second-order valence-electron chi connectivity index (χ2n) is 10.9. The Kier molecular flexibility index (Phi) is 8.03. The van der Waals surface area contributed by atoms with Crippen LogP contribution >= 0.6 is 0 Å². The quantitative estimate of drug-likeness (QED) is 0.659. The number of nitrogens with zero attached hydrogens (tertiary/aromatic N) is 3. The molecule has 2 amide bonds. The van der Waals surface area contributed by atoms with Crippen molar-refractivity contribution in [3.63, 3.8) is 0 Å². The fourth-order valence-corrected chi connectivity index (χ4v) is 5.30. The van der Waals surface area contributed by atoms with Gasteiger partial charge in [0, 0.05) is 44.8 Å². The van der Waals surface area contributed by atoms with E-state index in [9.17, 15) is 22.8 Å². The predicted octanol–water partition coefficient (Wildman–Crippen LogP) is 4.44. The Morgan fingerprint density at radius 2 is 1.80 bits per heavy atom. The topological polar surface area (TPSA) is 76.4 Å². The first-order chi connectivity index (χ1) is 16.3. The summed E-state index contributed by atoms with van der Waals surface area (Å²) >= 11 is 0. The summed E-state index contributed by atoms with van der Waals surface area (Å²) in [7, 11) is 0. The number of piperidine rings is 1. The van der Waals surface area contributed by atoms with E-state index in [0.29, 0.717) is 44.8 Å². The van der Waals surface area contributed by atoms with Gasteiger partial charge < -0.3 is 15.1 Å². The van der Waals surface area contributed by atoms with Gasteiger partial charge in [0.2, 0.25) is 11.8 Å². The molecular formula is C26H35F3N4O2. The number of alkyl halides is 3. The zero-order chi connectivity index (χ0) is 26.0. The molecule has 1 aromatic carbocycles. The van der Waals surface area contributed by atoms with Gasteiger partial charge in [-0.1, -0.05) is 20.8 Å². The fraction of sp³-hybridized carbons (Fsp3) is 0.654. The second kappa shape index (κ2) is 10.5. The van der Waals surface area contributed by atoms with Crippen LogP contribution in [0.25, 0.3) is 0 Å². The Morgan fingerprint density at radius 1 is 1.14 bits per heavy atom. The normalized spacial score (nSPS) is 21.7. The molecule has 3 rings (SSSR count). The maximum absolute atomic E-state index is 13.5. The van der Waals surface area contributed by atoms with E-state index in [-0.39, 0.29) is 35.0 Å². The largest absolute Gasteiger partial charge is 0.417 e. The van der Waals surface area contributed by atoms with Gasteiger partial charge in [0.25, 0.3) is 0 Å². The van der Waals surface area contributed by atoms with E-state index in [1.807, 2.05) is 37.5 Å². The first-order valence-corrected chi connectivity index (χ1v) is 12.3. The van der Waals surface area contributed by atoms with E-state index in [0.717, 1.165) is 18.9 Å². The Balaban J connectivity index is 1.78. The van der Waals surface area contributed by atoms with Gasteiger partial charge in [-0.2, -0.15) is 18.4 Å². The number of carbonyl (C=O) groups is 2. The van der Waals surface area contributed by atoms with Crippen molar-refractivity contribution in [3.8, 4) is 6.07 Å². The highest BCUT2D eigenvalue weighted by Gasteiger charge is 2.43. The smallest absolute Gasteiger partial charge is 0.370 e. The first-order valence-electron chi connectivity index (χ1n) is 12.3. The monoisotopic (exact) mass is 492 g/mol. The maximum atomic E-state index is 13.5. The van der Waals surface area contributed by atoms with E-state index in [2.05, 4.69) is 5.32 Å². The van der Waals surface area contributed by atoms with Crippen molar-refractivity contribution in [2.45, 2.75) is 53.1 Å². The average Bonchev–Trinajstić information content (AvgIpc) is 3.23. The lowest BCUT2D eigenvalue weighted by Crippen LogP contribution is -2.44. The summed E-state index contributed by atoms with van der Waals surface area (Å²) < 4.78 is 40.5. The Bertz CT molecular complexity index is 972. The van der Waals surface area contributed by atoms with Crippen LogP contribution in [0.5, 0.6) is 0 Å². The first kappa shape index (κ1) is 26.8. The van der Waals surface area contributed by atoms with Crippen LogP contribution in [-0.4, -0.2) is 49.4 Å². The van der Waals surface area contributed by atoms with Crippen LogP contribution in [0, 0.1) is 34.5 Å². The molecule has 2 fully saturated rings. The van der Waals surface area contributed by atoms with E-state index in [1.54, 1.807) is 6.07 Å². The number of hydrogen-bond donors (Lipinski definition) is 1. The molecular weight excluding hydrogens is 457 g/mol. The minimum absolute atomic E-state index is 0.0219. The zero-order valence-electron chi connectivity index (χ0n) is 20.9. The molecule has 0 spiro atoms. The van der Waals surface area contributed by atoms with Crippen LogP contribution in [-0.2, 0) is 15.8 Å². The van der Waals surface area contributed by atoms with E-state index < -0.39 is 17.3 Å². The maximum Gasteiger partial charge on any atom is 0.417 e. The highest BCUT2D eigenvalue weighted by molar-refractivity contribution is 5.80. The van der Waals surface area contributed by atoms with Gasteiger partial charge in [0.05, 0.1) is 23.1 Å². The van der Waals surface area contributed by atoms with Crippen LogP contribution in [0.1, 0.15) is 58.1 Å². The number of rotatable bonds is 5. The molecule has 0 saturated carbocycles. The van der Waals surface area contributed by atoms with Crippen molar-refractivity contribution >= 4 is 17.5 Å². The summed E-state index contributed by atoms with van der Waals surface area (Å²) in [5.41, 5.74) is -1.09. The molecule has 35 heavy (non-hydrogen) atoms. The molecule has 2 heterocycles. The number of nitrogens with one attached hydrogen (secondary N) is 1. The van der Waals surface area contributed by atoms with Crippen molar-refractivity contribution in [2.24, 2.45) is 23.2 Å². The molecule has 2 aliphatic rings. The lowest BCUT2D eigenvalue weighted by atomic mass is 9.78. The lowest BCUT2D eigenvalue weighted by molar-refractivity contribution is -0.138. The Morgan fingerprint density at radius 3 is 2.34 bits per heavy atom.